The topological polar surface area (TPSA) is 40.6 Å². The first kappa shape index (κ1) is 19.9. The van der Waals surface area contributed by atoms with Crippen LogP contribution in [0.4, 0.5) is 0 Å². The molecule has 0 spiro atoms. The Balaban J connectivity index is 4.38. The minimum Gasteiger partial charge on any atom is -0.343 e. The van der Waals surface area contributed by atoms with Gasteiger partial charge in [0, 0.05) is 39.0 Å². The van der Waals surface area contributed by atoms with Crippen LogP contribution >= 0.6 is 0 Å². The molecule has 2 amide bonds. The molecule has 21 heavy (non-hydrogen) atoms. The average molecular weight is 298 g/mol. The van der Waals surface area contributed by atoms with Gasteiger partial charge in [0.2, 0.25) is 11.8 Å². The third-order valence-electron chi connectivity index (χ3n) is 4.31. The molecule has 2 atom stereocenters. The van der Waals surface area contributed by atoms with Crippen LogP contribution in [-0.2, 0) is 9.59 Å². The lowest BCUT2D eigenvalue weighted by molar-refractivity contribution is -0.133. The Morgan fingerprint density at radius 2 is 1.33 bits per heavy atom. The zero-order valence-electron chi connectivity index (χ0n) is 14.8. The van der Waals surface area contributed by atoms with Crippen LogP contribution < -0.4 is 0 Å². The third-order valence-corrected chi connectivity index (χ3v) is 4.31. The van der Waals surface area contributed by atoms with E-state index in [-0.39, 0.29) is 23.9 Å². The van der Waals surface area contributed by atoms with Gasteiger partial charge >= 0.3 is 0 Å². The van der Waals surface area contributed by atoms with E-state index in [2.05, 4.69) is 13.8 Å². The molecule has 0 aromatic carbocycles. The summed E-state index contributed by atoms with van der Waals surface area (Å²) in [6, 6.07) is 0.508. The maximum atomic E-state index is 12.0. The molecule has 4 heteroatoms. The number of amides is 2. The molecule has 0 bridgehead atoms. The minimum atomic E-state index is 0.216. The lowest BCUT2D eigenvalue weighted by atomic mass is 10.0. The molecule has 2 unspecified atom stereocenters. The molecule has 0 aliphatic carbocycles. The fourth-order valence-corrected chi connectivity index (χ4v) is 2.53. The minimum absolute atomic E-state index is 0.216. The number of hydrogen-bond donors (Lipinski definition) is 0. The van der Waals surface area contributed by atoms with Gasteiger partial charge < -0.3 is 9.80 Å². The van der Waals surface area contributed by atoms with E-state index in [1.165, 1.54) is 0 Å². The van der Waals surface area contributed by atoms with Crippen LogP contribution in [0.2, 0.25) is 0 Å². The van der Waals surface area contributed by atoms with Crippen LogP contribution in [0.15, 0.2) is 0 Å². The summed E-state index contributed by atoms with van der Waals surface area (Å²) < 4.78 is 0. The van der Waals surface area contributed by atoms with Crippen LogP contribution in [0, 0.1) is 0 Å². The zero-order valence-corrected chi connectivity index (χ0v) is 14.8. The van der Waals surface area contributed by atoms with E-state index in [1.54, 1.807) is 0 Å². The lowest BCUT2D eigenvalue weighted by Gasteiger charge is -2.31. The van der Waals surface area contributed by atoms with E-state index in [9.17, 15) is 9.59 Å². The van der Waals surface area contributed by atoms with E-state index in [0.29, 0.717) is 12.8 Å². The summed E-state index contributed by atoms with van der Waals surface area (Å²) in [5.74, 6) is 0.445. The van der Waals surface area contributed by atoms with E-state index in [1.807, 2.05) is 37.7 Å². The summed E-state index contributed by atoms with van der Waals surface area (Å²) in [6.07, 6.45) is 5.88. The summed E-state index contributed by atoms with van der Waals surface area (Å²) in [5, 5.41) is 0. The number of hydrogen-bond acceptors (Lipinski definition) is 2. The van der Waals surface area contributed by atoms with Crippen molar-refractivity contribution < 1.29 is 9.59 Å². The predicted molar refractivity (Wildman–Crippen MR) is 88.1 cm³/mol. The molecule has 0 rings (SSSR count). The molecule has 0 saturated carbocycles. The molecule has 0 aromatic heterocycles. The quantitative estimate of drug-likeness (QED) is 0.620. The van der Waals surface area contributed by atoms with Crippen molar-refractivity contribution in [3.63, 3.8) is 0 Å². The number of carbonyl (C=O) groups excluding carboxylic acids is 2. The van der Waals surface area contributed by atoms with Crippen molar-refractivity contribution in [2.75, 3.05) is 14.1 Å². The maximum absolute atomic E-state index is 12.0. The summed E-state index contributed by atoms with van der Waals surface area (Å²) in [6.45, 7) is 8.27. The molecule has 0 saturated heterocycles. The van der Waals surface area contributed by atoms with E-state index >= 15 is 0 Å². The highest BCUT2D eigenvalue weighted by molar-refractivity contribution is 5.76. The van der Waals surface area contributed by atoms with Gasteiger partial charge in [0.05, 0.1) is 0 Å². The average Bonchev–Trinajstić information content (AvgIpc) is 2.46. The first-order valence-corrected chi connectivity index (χ1v) is 8.40. The summed E-state index contributed by atoms with van der Waals surface area (Å²) in [4.78, 5) is 27.6. The molecule has 0 fully saturated rings. The molecular formula is C17H34N2O2. The Labute approximate surface area is 130 Å². The number of carbonyl (C=O) groups is 2. The monoisotopic (exact) mass is 298 g/mol. The van der Waals surface area contributed by atoms with Gasteiger partial charge in [-0.25, -0.2) is 0 Å². The van der Waals surface area contributed by atoms with Crippen molar-refractivity contribution in [3.05, 3.63) is 0 Å². The smallest absolute Gasteiger partial charge is 0.222 e. The van der Waals surface area contributed by atoms with E-state index in [0.717, 1.165) is 32.1 Å². The Morgan fingerprint density at radius 3 is 1.76 bits per heavy atom. The number of rotatable bonds is 10. The fraction of sp³-hybridized carbons (Fsp3) is 0.882. The molecule has 0 aliphatic heterocycles. The second-order valence-electron chi connectivity index (χ2n) is 6.00. The Hall–Kier alpha value is -1.06. The molecular weight excluding hydrogens is 264 g/mol. The van der Waals surface area contributed by atoms with Crippen molar-refractivity contribution in [2.24, 2.45) is 0 Å². The molecule has 0 N–H and O–H groups in total. The Morgan fingerprint density at radius 1 is 0.857 bits per heavy atom. The summed E-state index contributed by atoms with van der Waals surface area (Å²) >= 11 is 0. The first-order valence-electron chi connectivity index (χ1n) is 8.40. The zero-order chi connectivity index (χ0) is 16.4. The normalized spacial score (nSPS) is 13.6. The second kappa shape index (κ2) is 10.6. The standard InChI is InChI=1S/C17H34N2O2/c1-7-10-16(20)18(5)14(4)12-13-15(9-3)19(6)17(21)11-8-2/h14-15H,7-13H2,1-6H3. The van der Waals surface area contributed by atoms with Gasteiger partial charge in [-0.15, -0.1) is 0 Å². The lowest BCUT2D eigenvalue weighted by Crippen LogP contribution is -2.39. The Bertz CT molecular complexity index is 318. The second-order valence-corrected chi connectivity index (χ2v) is 6.00. The van der Waals surface area contributed by atoms with Crippen LogP contribution in [0.25, 0.3) is 0 Å². The van der Waals surface area contributed by atoms with Gasteiger partial charge in [-0.1, -0.05) is 20.8 Å². The number of nitrogens with zero attached hydrogens (tertiary/aromatic N) is 2. The SMILES string of the molecule is CCCC(=O)N(C)C(C)CCC(CC)N(C)C(=O)CCC. The van der Waals surface area contributed by atoms with Gasteiger partial charge in [-0.3, -0.25) is 9.59 Å². The maximum Gasteiger partial charge on any atom is 0.222 e. The highest BCUT2D eigenvalue weighted by Gasteiger charge is 2.20. The fourth-order valence-electron chi connectivity index (χ4n) is 2.53. The highest BCUT2D eigenvalue weighted by atomic mass is 16.2. The van der Waals surface area contributed by atoms with Gasteiger partial charge in [0.25, 0.3) is 0 Å². The van der Waals surface area contributed by atoms with Crippen molar-refractivity contribution in [2.45, 2.75) is 84.7 Å². The van der Waals surface area contributed by atoms with Crippen LogP contribution in [0.5, 0.6) is 0 Å². The van der Waals surface area contributed by atoms with Gasteiger partial charge in [0.1, 0.15) is 0 Å². The molecule has 0 aromatic rings. The molecule has 0 aliphatic rings. The van der Waals surface area contributed by atoms with E-state index < -0.39 is 0 Å². The highest BCUT2D eigenvalue weighted by Crippen LogP contribution is 2.15. The Kier molecular flexibility index (Phi) is 10.1. The third kappa shape index (κ3) is 6.96. The van der Waals surface area contributed by atoms with Gasteiger partial charge in [-0.2, -0.15) is 0 Å². The van der Waals surface area contributed by atoms with Gasteiger partial charge in [0.15, 0.2) is 0 Å². The van der Waals surface area contributed by atoms with Crippen molar-refractivity contribution in [3.8, 4) is 0 Å². The van der Waals surface area contributed by atoms with Crippen molar-refractivity contribution >= 4 is 11.8 Å². The molecule has 0 heterocycles. The molecule has 0 radical (unpaired) electrons. The summed E-state index contributed by atoms with van der Waals surface area (Å²) in [5.41, 5.74) is 0. The first-order chi connectivity index (χ1) is 9.88. The summed E-state index contributed by atoms with van der Waals surface area (Å²) in [7, 11) is 3.79. The van der Waals surface area contributed by atoms with Gasteiger partial charge in [-0.05, 0) is 39.0 Å². The molecule has 4 nitrogen and oxygen atoms in total. The van der Waals surface area contributed by atoms with Crippen LogP contribution in [-0.4, -0.2) is 47.8 Å². The molecule has 124 valence electrons. The van der Waals surface area contributed by atoms with Crippen LogP contribution in [0.1, 0.15) is 72.6 Å². The van der Waals surface area contributed by atoms with Crippen molar-refractivity contribution in [1.82, 2.24) is 9.80 Å². The van der Waals surface area contributed by atoms with E-state index in [4.69, 9.17) is 0 Å². The van der Waals surface area contributed by atoms with Crippen molar-refractivity contribution in [1.29, 1.82) is 0 Å². The van der Waals surface area contributed by atoms with Crippen LogP contribution in [0.3, 0.4) is 0 Å². The predicted octanol–water partition coefficient (Wildman–Crippen LogP) is 3.45. The largest absolute Gasteiger partial charge is 0.343 e.